The lowest BCUT2D eigenvalue weighted by molar-refractivity contribution is -0.135. The number of anilines is 1. The summed E-state index contributed by atoms with van der Waals surface area (Å²) in [7, 11) is 0. The standard InChI is InChI=1S/C12H11N3O3/c13-9-3-1-2-7-8(4-5-14-11(7)9)12(18)15-6-10(16)17/h1-5H,6,13H2,(H,15,18)(H,16,17). The van der Waals surface area contributed by atoms with Crippen LogP contribution < -0.4 is 11.1 Å². The number of para-hydroxylation sites is 1. The van der Waals surface area contributed by atoms with Crippen LogP contribution in [0.3, 0.4) is 0 Å². The number of fused-ring (bicyclic) bond motifs is 1. The van der Waals surface area contributed by atoms with E-state index in [1.807, 2.05) is 0 Å². The van der Waals surface area contributed by atoms with Gasteiger partial charge in [0.2, 0.25) is 0 Å². The van der Waals surface area contributed by atoms with Gasteiger partial charge in [0.1, 0.15) is 6.54 Å². The number of pyridine rings is 1. The number of hydrogen-bond acceptors (Lipinski definition) is 4. The zero-order chi connectivity index (χ0) is 13.1. The van der Waals surface area contributed by atoms with E-state index >= 15 is 0 Å². The van der Waals surface area contributed by atoms with Crippen LogP contribution in [0.15, 0.2) is 30.5 Å². The lowest BCUT2D eigenvalue weighted by Gasteiger charge is -2.07. The minimum Gasteiger partial charge on any atom is -0.480 e. The van der Waals surface area contributed by atoms with Gasteiger partial charge < -0.3 is 16.2 Å². The van der Waals surface area contributed by atoms with Crippen LogP contribution in [0.1, 0.15) is 10.4 Å². The summed E-state index contributed by atoms with van der Waals surface area (Å²) < 4.78 is 0. The highest BCUT2D eigenvalue weighted by atomic mass is 16.4. The quantitative estimate of drug-likeness (QED) is 0.688. The number of aromatic nitrogens is 1. The molecule has 4 N–H and O–H groups in total. The summed E-state index contributed by atoms with van der Waals surface area (Å²) in [6.07, 6.45) is 1.47. The molecule has 1 aromatic heterocycles. The minimum absolute atomic E-state index is 0.355. The summed E-state index contributed by atoms with van der Waals surface area (Å²) in [6.45, 7) is -0.426. The van der Waals surface area contributed by atoms with E-state index in [-0.39, 0.29) is 0 Å². The van der Waals surface area contributed by atoms with Crippen LogP contribution >= 0.6 is 0 Å². The Kier molecular flexibility index (Phi) is 3.09. The third-order valence-corrected chi connectivity index (χ3v) is 2.45. The monoisotopic (exact) mass is 245 g/mol. The number of carbonyl (C=O) groups excluding carboxylic acids is 1. The first-order valence-electron chi connectivity index (χ1n) is 5.23. The maximum absolute atomic E-state index is 11.8. The third-order valence-electron chi connectivity index (χ3n) is 2.45. The SMILES string of the molecule is Nc1cccc2c(C(=O)NCC(=O)O)ccnc12. The van der Waals surface area contributed by atoms with Crippen molar-refractivity contribution in [2.75, 3.05) is 12.3 Å². The van der Waals surface area contributed by atoms with Crippen molar-refractivity contribution in [3.05, 3.63) is 36.0 Å². The molecule has 1 heterocycles. The molecular formula is C12H11N3O3. The largest absolute Gasteiger partial charge is 0.480 e. The lowest BCUT2D eigenvalue weighted by Crippen LogP contribution is -2.29. The number of amides is 1. The van der Waals surface area contributed by atoms with Gasteiger partial charge in [-0.25, -0.2) is 0 Å². The van der Waals surface area contributed by atoms with Gasteiger partial charge in [-0.05, 0) is 12.1 Å². The van der Waals surface area contributed by atoms with Crippen LogP contribution in [-0.4, -0.2) is 28.5 Å². The van der Waals surface area contributed by atoms with Crippen molar-refractivity contribution in [2.24, 2.45) is 0 Å². The summed E-state index contributed by atoms with van der Waals surface area (Å²) >= 11 is 0. The number of nitrogens with two attached hydrogens (primary N) is 1. The molecule has 0 radical (unpaired) electrons. The van der Waals surface area contributed by atoms with E-state index in [1.54, 1.807) is 18.2 Å². The number of nitrogens with one attached hydrogen (secondary N) is 1. The molecular weight excluding hydrogens is 234 g/mol. The second-order valence-electron chi connectivity index (χ2n) is 3.68. The molecule has 0 saturated heterocycles. The van der Waals surface area contributed by atoms with Gasteiger partial charge in [0, 0.05) is 11.6 Å². The highest BCUT2D eigenvalue weighted by molar-refractivity contribution is 6.08. The molecule has 2 aromatic rings. The summed E-state index contributed by atoms with van der Waals surface area (Å²) in [6, 6.07) is 6.65. The average Bonchev–Trinajstić information content (AvgIpc) is 2.36. The predicted octanol–water partition coefficient (Wildman–Crippen LogP) is 0.631. The predicted molar refractivity (Wildman–Crippen MR) is 66.1 cm³/mol. The minimum atomic E-state index is -1.10. The second kappa shape index (κ2) is 4.70. The van der Waals surface area contributed by atoms with Crippen LogP contribution in [0.4, 0.5) is 5.69 Å². The number of carboxylic acids is 1. The molecule has 2 rings (SSSR count). The zero-order valence-corrected chi connectivity index (χ0v) is 9.38. The van der Waals surface area contributed by atoms with Crippen molar-refractivity contribution in [2.45, 2.75) is 0 Å². The highest BCUT2D eigenvalue weighted by Crippen LogP contribution is 2.21. The van der Waals surface area contributed by atoms with E-state index in [9.17, 15) is 9.59 Å². The molecule has 0 saturated carbocycles. The van der Waals surface area contributed by atoms with Crippen LogP contribution in [0, 0.1) is 0 Å². The first-order chi connectivity index (χ1) is 8.59. The van der Waals surface area contributed by atoms with E-state index < -0.39 is 18.4 Å². The number of hydrogen-bond donors (Lipinski definition) is 3. The lowest BCUT2D eigenvalue weighted by atomic mass is 10.1. The average molecular weight is 245 g/mol. The van der Waals surface area contributed by atoms with Crippen molar-refractivity contribution in [1.82, 2.24) is 10.3 Å². The van der Waals surface area contributed by atoms with Crippen LogP contribution in [0.5, 0.6) is 0 Å². The summed E-state index contributed by atoms with van der Waals surface area (Å²) in [4.78, 5) is 26.3. The molecule has 1 amide bonds. The Hall–Kier alpha value is -2.63. The Morgan fingerprint density at radius 1 is 1.33 bits per heavy atom. The van der Waals surface area contributed by atoms with Gasteiger partial charge in [-0.3, -0.25) is 14.6 Å². The topological polar surface area (TPSA) is 105 Å². The molecule has 6 heteroatoms. The van der Waals surface area contributed by atoms with Gasteiger partial charge >= 0.3 is 5.97 Å². The first-order valence-corrected chi connectivity index (χ1v) is 5.23. The molecule has 0 atom stereocenters. The molecule has 0 aliphatic heterocycles. The number of benzene rings is 1. The van der Waals surface area contributed by atoms with Crippen molar-refractivity contribution >= 4 is 28.5 Å². The van der Waals surface area contributed by atoms with Crippen molar-refractivity contribution in [1.29, 1.82) is 0 Å². The Labute approximate surface area is 102 Å². The Balaban J connectivity index is 2.42. The molecule has 1 aromatic carbocycles. The van der Waals surface area contributed by atoms with E-state index in [0.29, 0.717) is 22.2 Å². The number of aliphatic carboxylic acids is 1. The van der Waals surface area contributed by atoms with Crippen LogP contribution in [-0.2, 0) is 4.79 Å². The fourth-order valence-electron chi connectivity index (χ4n) is 1.65. The molecule has 0 unspecified atom stereocenters. The fraction of sp³-hybridized carbons (Fsp3) is 0.0833. The molecule has 0 bridgehead atoms. The zero-order valence-electron chi connectivity index (χ0n) is 9.38. The number of nitrogen functional groups attached to an aromatic ring is 1. The summed E-state index contributed by atoms with van der Waals surface area (Å²) in [5.74, 6) is -1.56. The van der Waals surface area contributed by atoms with Gasteiger partial charge in [0.25, 0.3) is 5.91 Å². The smallest absolute Gasteiger partial charge is 0.322 e. The summed E-state index contributed by atoms with van der Waals surface area (Å²) in [5.41, 5.74) is 7.12. The molecule has 18 heavy (non-hydrogen) atoms. The van der Waals surface area contributed by atoms with Crippen LogP contribution in [0.2, 0.25) is 0 Å². The Morgan fingerprint density at radius 2 is 2.11 bits per heavy atom. The number of rotatable bonds is 3. The third kappa shape index (κ3) is 2.22. The highest BCUT2D eigenvalue weighted by Gasteiger charge is 2.12. The van der Waals surface area contributed by atoms with E-state index in [1.165, 1.54) is 12.3 Å². The van der Waals surface area contributed by atoms with Gasteiger partial charge in [-0.1, -0.05) is 12.1 Å². The van der Waals surface area contributed by atoms with Crippen LogP contribution in [0.25, 0.3) is 10.9 Å². The van der Waals surface area contributed by atoms with Gasteiger partial charge in [0.05, 0.1) is 16.8 Å². The van der Waals surface area contributed by atoms with Crippen molar-refractivity contribution in [3.63, 3.8) is 0 Å². The number of nitrogens with zero attached hydrogens (tertiary/aromatic N) is 1. The normalized spacial score (nSPS) is 10.2. The maximum atomic E-state index is 11.8. The molecule has 0 fully saturated rings. The fourth-order valence-corrected chi connectivity index (χ4v) is 1.65. The van der Waals surface area contributed by atoms with Crippen molar-refractivity contribution < 1.29 is 14.7 Å². The Bertz CT molecular complexity index is 625. The van der Waals surface area contributed by atoms with Gasteiger partial charge in [-0.15, -0.1) is 0 Å². The molecule has 0 aliphatic rings. The van der Waals surface area contributed by atoms with E-state index in [0.717, 1.165) is 0 Å². The molecule has 0 aliphatic carbocycles. The molecule has 0 spiro atoms. The van der Waals surface area contributed by atoms with E-state index in [2.05, 4.69) is 10.3 Å². The maximum Gasteiger partial charge on any atom is 0.322 e. The first kappa shape index (κ1) is 11.8. The molecule has 6 nitrogen and oxygen atoms in total. The summed E-state index contributed by atoms with van der Waals surface area (Å²) in [5, 5.41) is 11.4. The van der Waals surface area contributed by atoms with Crippen molar-refractivity contribution in [3.8, 4) is 0 Å². The molecule has 92 valence electrons. The van der Waals surface area contributed by atoms with E-state index in [4.69, 9.17) is 10.8 Å². The second-order valence-corrected chi connectivity index (χ2v) is 3.68. The Morgan fingerprint density at radius 3 is 2.83 bits per heavy atom. The van der Waals surface area contributed by atoms with Gasteiger partial charge in [-0.2, -0.15) is 0 Å². The van der Waals surface area contributed by atoms with Gasteiger partial charge in [0.15, 0.2) is 0 Å². The number of carboxylic acid groups (broad SMARTS) is 1. The number of carbonyl (C=O) groups is 2.